The zero-order valence-electron chi connectivity index (χ0n) is 8.31. The Bertz CT molecular complexity index is 536. The molecular formula is C9H9FN2O3S. The van der Waals surface area contributed by atoms with E-state index in [1.807, 2.05) is 4.72 Å². The van der Waals surface area contributed by atoms with E-state index in [4.69, 9.17) is 10.4 Å². The Balaban J connectivity index is 2.98. The lowest BCUT2D eigenvalue weighted by atomic mass is 10.3. The summed E-state index contributed by atoms with van der Waals surface area (Å²) in [5.74, 6) is -1.51. The molecule has 1 aromatic carbocycles. The van der Waals surface area contributed by atoms with E-state index in [9.17, 15) is 12.8 Å². The number of aromatic hydroxyl groups is 1. The molecule has 0 amide bonds. The number of hydrogen-bond donors (Lipinski definition) is 2. The fraction of sp³-hybridized carbons (Fsp3) is 0.222. The summed E-state index contributed by atoms with van der Waals surface area (Å²) in [5.41, 5.74) is -0.0441. The molecule has 0 aromatic heterocycles. The van der Waals surface area contributed by atoms with E-state index in [2.05, 4.69) is 0 Å². The molecule has 7 heteroatoms. The van der Waals surface area contributed by atoms with Gasteiger partial charge in [0.1, 0.15) is 0 Å². The first-order chi connectivity index (χ1) is 7.36. The largest absolute Gasteiger partial charge is 0.505 e. The average Bonchev–Trinajstić information content (AvgIpc) is 2.22. The van der Waals surface area contributed by atoms with E-state index in [0.29, 0.717) is 0 Å². The van der Waals surface area contributed by atoms with Gasteiger partial charge in [-0.3, -0.25) is 4.72 Å². The molecule has 0 saturated heterocycles. The molecule has 0 fully saturated rings. The molecule has 0 bridgehead atoms. The van der Waals surface area contributed by atoms with Gasteiger partial charge in [0.05, 0.1) is 11.8 Å². The molecule has 1 unspecified atom stereocenters. The van der Waals surface area contributed by atoms with Crippen LogP contribution in [0, 0.1) is 17.1 Å². The van der Waals surface area contributed by atoms with Gasteiger partial charge in [0.2, 0.25) is 10.0 Å². The van der Waals surface area contributed by atoms with Gasteiger partial charge in [-0.1, -0.05) is 0 Å². The van der Waals surface area contributed by atoms with Crippen LogP contribution in [0.4, 0.5) is 10.1 Å². The molecular weight excluding hydrogens is 235 g/mol. The van der Waals surface area contributed by atoms with Crippen molar-refractivity contribution < 1.29 is 17.9 Å². The van der Waals surface area contributed by atoms with E-state index < -0.39 is 26.8 Å². The van der Waals surface area contributed by atoms with E-state index in [0.717, 1.165) is 12.1 Å². The Morgan fingerprint density at radius 1 is 1.56 bits per heavy atom. The van der Waals surface area contributed by atoms with Gasteiger partial charge in [0.25, 0.3) is 0 Å². The minimum atomic E-state index is -3.85. The van der Waals surface area contributed by atoms with E-state index in [-0.39, 0.29) is 5.69 Å². The van der Waals surface area contributed by atoms with Crippen molar-refractivity contribution in [2.24, 2.45) is 0 Å². The molecule has 86 valence electrons. The van der Waals surface area contributed by atoms with Crippen LogP contribution in [0.1, 0.15) is 6.92 Å². The van der Waals surface area contributed by atoms with Crippen LogP contribution in [-0.4, -0.2) is 18.8 Å². The van der Waals surface area contributed by atoms with Crippen molar-refractivity contribution in [3.8, 4) is 11.8 Å². The summed E-state index contributed by atoms with van der Waals surface area (Å²) >= 11 is 0. The van der Waals surface area contributed by atoms with Crippen LogP contribution >= 0.6 is 0 Å². The highest BCUT2D eigenvalue weighted by atomic mass is 32.2. The molecule has 2 N–H and O–H groups in total. The standard InChI is InChI=1S/C9H9FN2O3S/c1-6(5-11)16(14,15)12-7-2-3-9(13)8(10)4-7/h2-4,6,12-13H,1H3. The maximum absolute atomic E-state index is 12.9. The number of nitriles is 1. The second-order valence-electron chi connectivity index (χ2n) is 3.08. The molecule has 0 aliphatic rings. The van der Waals surface area contributed by atoms with Crippen molar-refractivity contribution in [1.82, 2.24) is 0 Å². The highest BCUT2D eigenvalue weighted by molar-refractivity contribution is 7.93. The molecule has 0 saturated carbocycles. The first-order valence-corrected chi connectivity index (χ1v) is 5.81. The molecule has 16 heavy (non-hydrogen) atoms. The summed E-state index contributed by atoms with van der Waals surface area (Å²) < 4.78 is 37.7. The molecule has 0 radical (unpaired) electrons. The minimum Gasteiger partial charge on any atom is -0.505 e. The Morgan fingerprint density at radius 3 is 2.69 bits per heavy atom. The highest BCUT2D eigenvalue weighted by Gasteiger charge is 2.20. The van der Waals surface area contributed by atoms with Gasteiger partial charge in [0.15, 0.2) is 16.8 Å². The number of hydrogen-bond acceptors (Lipinski definition) is 4. The number of sulfonamides is 1. The fourth-order valence-electron chi connectivity index (χ4n) is 0.892. The number of benzene rings is 1. The van der Waals surface area contributed by atoms with Crippen LogP contribution in [0.15, 0.2) is 18.2 Å². The lowest BCUT2D eigenvalue weighted by Crippen LogP contribution is -2.23. The van der Waals surface area contributed by atoms with Crippen LogP contribution in [0.2, 0.25) is 0 Å². The summed E-state index contributed by atoms with van der Waals surface area (Å²) in [6.07, 6.45) is 0. The lowest BCUT2D eigenvalue weighted by molar-refractivity contribution is 0.432. The van der Waals surface area contributed by atoms with Crippen molar-refractivity contribution in [3.63, 3.8) is 0 Å². The van der Waals surface area contributed by atoms with Crippen molar-refractivity contribution in [1.29, 1.82) is 5.26 Å². The van der Waals surface area contributed by atoms with Gasteiger partial charge in [-0.05, 0) is 19.1 Å². The predicted molar refractivity (Wildman–Crippen MR) is 55.7 cm³/mol. The first-order valence-electron chi connectivity index (χ1n) is 4.26. The zero-order chi connectivity index (χ0) is 12.3. The third kappa shape index (κ3) is 2.61. The fourth-order valence-corrected chi connectivity index (χ4v) is 1.66. The quantitative estimate of drug-likeness (QED) is 0.781. The van der Waals surface area contributed by atoms with Crippen molar-refractivity contribution in [2.75, 3.05) is 4.72 Å². The molecule has 0 heterocycles. The molecule has 0 spiro atoms. The van der Waals surface area contributed by atoms with E-state index >= 15 is 0 Å². The summed E-state index contributed by atoms with van der Waals surface area (Å²) in [7, 11) is -3.85. The van der Waals surface area contributed by atoms with Gasteiger partial charge in [-0.2, -0.15) is 5.26 Å². The monoisotopic (exact) mass is 244 g/mol. The SMILES string of the molecule is CC(C#N)S(=O)(=O)Nc1ccc(O)c(F)c1. The molecule has 1 aromatic rings. The van der Waals surface area contributed by atoms with Crippen molar-refractivity contribution in [3.05, 3.63) is 24.0 Å². The molecule has 1 rings (SSSR count). The summed E-state index contributed by atoms with van der Waals surface area (Å²) in [6.45, 7) is 1.21. The van der Waals surface area contributed by atoms with E-state index in [1.54, 1.807) is 6.07 Å². The van der Waals surface area contributed by atoms with Gasteiger partial charge < -0.3 is 5.11 Å². The topological polar surface area (TPSA) is 90.2 Å². The second-order valence-corrected chi connectivity index (χ2v) is 5.09. The third-order valence-corrected chi connectivity index (χ3v) is 3.41. The zero-order valence-corrected chi connectivity index (χ0v) is 9.12. The van der Waals surface area contributed by atoms with Crippen LogP contribution in [-0.2, 0) is 10.0 Å². The van der Waals surface area contributed by atoms with Gasteiger partial charge in [-0.25, -0.2) is 12.8 Å². The van der Waals surface area contributed by atoms with Crippen molar-refractivity contribution >= 4 is 15.7 Å². The Kier molecular flexibility index (Phi) is 3.34. The minimum absolute atomic E-state index is 0.0441. The lowest BCUT2D eigenvalue weighted by Gasteiger charge is -2.09. The highest BCUT2D eigenvalue weighted by Crippen LogP contribution is 2.20. The number of nitrogens with one attached hydrogen (secondary N) is 1. The third-order valence-electron chi connectivity index (χ3n) is 1.86. The Hall–Kier alpha value is -1.81. The second kappa shape index (κ2) is 4.37. The van der Waals surface area contributed by atoms with Gasteiger partial charge >= 0.3 is 0 Å². The normalized spacial score (nSPS) is 12.8. The number of anilines is 1. The number of phenolic OH excluding ortho intramolecular Hbond substituents is 1. The molecule has 0 aliphatic heterocycles. The average molecular weight is 244 g/mol. The van der Waals surface area contributed by atoms with Crippen LogP contribution in [0.25, 0.3) is 0 Å². The summed E-state index contributed by atoms with van der Waals surface area (Å²) in [6, 6.07) is 4.60. The maximum Gasteiger partial charge on any atom is 0.248 e. The molecule has 1 atom stereocenters. The first kappa shape index (κ1) is 12.3. The number of nitrogens with zero attached hydrogens (tertiary/aromatic N) is 1. The van der Waals surface area contributed by atoms with Crippen LogP contribution in [0.5, 0.6) is 5.75 Å². The van der Waals surface area contributed by atoms with Crippen molar-refractivity contribution in [2.45, 2.75) is 12.2 Å². The summed E-state index contributed by atoms with van der Waals surface area (Å²) in [4.78, 5) is 0. The number of rotatable bonds is 3. The van der Waals surface area contributed by atoms with Gasteiger partial charge in [-0.15, -0.1) is 0 Å². The number of phenols is 1. The van der Waals surface area contributed by atoms with Gasteiger partial charge in [0, 0.05) is 6.07 Å². The number of halogens is 1. The smallest absolute Gasteiger partial charge is 0.248 e. The summed E-state index contributed by atoms with van der Waals surface area (Å²) in [5, 5.41) is 16.1. The molecule has 0 aliphatic carbocycles. The maximum atomic E-state index is 12.9. The van der Waals surface area contributed by atoms with Crippen LogP contribution in [0.3, 0.4) is 0 Å². The Labute approximate surface area is 92.2 Å². The Morgan fingerprint density at radius 2 is 2.19 bits per heavy atom. The van der Waals surface area contributed by atoms with E-state index in [1.165, 1.54) is 13.0 Å². The van der Waals surface area contributed by atoms with Crippen LogP contribution < -0.4 is 4.72 Å². The predicted octanol–water partition coefficient (Wildman–Crippen LogP) is 1.19. The molecule has 5 nitrogen and oxygen atoms in total.